The minimum absolute atomic E-state index is 0.809. The second-order valence-electron chi connectivity index (χ2n) is 14.2. The van der Waals surface area contributed by atoms with E-state index in [2.05, 4.69) is 32.0 Å². The van der Waals surface area contributed by atoms with E-state index in [4.69, 9.17) is 0 Å². The number of rotatable bonds is 12. The average molecular weight is 551 g/mol. The van der Waals surface area contributed by atoms with Crippen molar-refractivity contribution in [3.63, 3.8) is 0 Å². The van der Waals surface area contributed by atoms with Crippen molar-refractivity contribution < 1.29 is 0 Å². The molecule has 2 aliphatic carbocycles. The van der Waals surface area contributed by atoms with E-state index < -0.39 is 0 Å². The van der Waals surface area contributed by atoms with Gasteiger partial charge < -0.3 is 0 Å². The van der Waals surface area contributed by atoms with Crippen molar-refractivity contribution in [1.29, 1.82) is 0 Å². The molecule has 2 atom stereocenters. The highest BCUT2D eigenvalue weighted by molar-refractivity contribution is 5.38. The molecule has 1 aromatic carbocycles. The lowest BCUT2D eigenvalue weighted by Crippen LogP contribution is -2.18. The molecule has 0 saturated heterocycles. The summed E-state index contributed by atoms with van der Waals surface area (Å²) in [6.45, 7) is 4.70. The van der Waals surface area contributed by atoms with Crippen LogP contribution < -0.4 is 0 Å². The predicted octanol–water partition coefficient (Wildman–Crippen LogP) is 13.7. The number of hydrogen-bond donors (Lipinski definition) is 0. The molecule has 0 radical (unpaired) electrons. The molecule has 0 heterocycles. The second kappa shape index (κ2) is 21.9. The van der Waals surface area contributed by atoms with Crippen LogP contribution in [0, 0.1) is 11.8 Å². The van der Waals surface area contributed by atoms with E-state index in [1.807, 2.05) is 0 Å². The largest absolute Gasteiger partial charge is 0.0654 e. The maximum atomic E-state index is 2.59. The predicted molar refractivity (Wildman–Crippen MR) is 180 cm³/mol. The molecule has 0 aliphatic heterocycles. The molecule has 0 aromatic heterocycles. The third-order valence-electron chi connectivity index (χ3n) is 10.9. The van der Waals surface area contributed by atoms with Gasteiger partial charge in [-0.1, -0.05) is 173 Å². The first-order valence-corrected chi connectivity index (χ1v) is 18.9. The summed E-state index contributed by atoms with van der Waals surface area (Å²) in [6, 6.07) is 7.55. The fraction of sp³-hybridized carbons (Fsp3) is 0.850. The summed E-state index contributed by atoms with van der Waals surface area (Å²) >= 11 is 0. The van der Waals surface area contributed by atoms with Crippen molar-refractivity contribution in [2.45, 2.75) is 206 Å². The molecule has 0 bridgehead atoms. The molecule has 2 unspecified atom stereocenters. The maximum absolute atomic E-state index is 2.59. The lowest BCUT2D eigenvalue weighted by Gasteiger charge is -2.31. The SMILES string of the molecule is CCCCCCc1cccc(C2CCCCCCC(C3CCCCCCCCCCC3)CC2)c1CCCCCC. The summed E-state index contributed by atoms with van der Waals surface area (Å²) in [4.78, 5) is 0. The van der Waals surface area contributed by atoms with Crippen LogP contribution in [0.15, 0.2) is 18.2 Å². The van der Waals surface area contributed by atoms with Crippen LogP contribution in [-0.4, -0.2) is 0 Å². The van der Waals surface area contributed by atoms with Crippen molar-refractivity contribution >= 4 is 0 Å². The second-order valence-corrected chi connectivity index (χ2v) is 14.2. The number of unbranched alkanes of at least 4 members (excludes halogenated alkanes) is 6. The smallest absolute Gasteiger partial charge is 0.0159 e. The van der Waals surface area contributed by atoms with Crippen LogP contribution in [-0.2, 0) is 12.8 Å². The standard InChI is InChI=1S/C40H70/c1-3-5-7-18-28-37-30-24-32-40(39(37)31-23-8-6-4-2)38-29-22-17-16-21-27-36(33-34-38)35-25-19-14-12-10-9-11-13-15-20-26-35/h24,30,32,35-36,38H,3-23,25-29,31,33-34H2,1-2H3. The molecule has 1 aromatic rings. The molecule has 0 heteroatoms. The Hall–Kier alpha value is -0.780. The first kappa shape index (κ1) is 33.7. The van der Waals surface area contributed by atoms with E-state index in [0.29, 0.717) is 0 Å². The Morgan fingerprint density at radius 1 is 0.475 bits per heavy atom. The van der Waals surface area contributed by atoms with Crippen LogP contribution in [0.3, 0.4) is 0 Å². The van der Waals surface area contributed by atoms with Gasteiger partial charge in [0.15, 0.2) is 0 Å². The topological polar surface area (TPSA) is 0 Å². The van der Waals surface area contributed by atoms with Gasteiger partial charge >= 0.3 is 0 Å². The third-order valence-corrected chi connectivity index (χ3v) is 10.9. The monoisotopic (exact) mass is 551 g/mol. The zero-order chi connectivity index (χ0) is 28.1. The van der Waals surface area contributed by atoms with Gasteiger partial charge in [0.05, 0.1) is 0 Å². The van der Waals surface area contributed by atoms with Crippen LogP contribution in [0.5, 0.6) is 0 Å². The molecular weight excluding hydrogens is 480 g/mol. The van der Waals surface area contributed by atoms with E-state index >= 15 is 0 Å². The van der Waals surface area contributed by atoms with Gasteiger partial charge in [0.2, 0.25) is 0 Å². The van der Waals surface area contributed by atoms with Crippen molar-refractivity contribution in [2.75, 3.05) is 0 Å². The summed E-state index contributed by atoms with van der Waals surface area (Å²) in [5.41, 5.74) is 5.32. The molecule has 0 N–H and O–H groups in total. The van der Waals surface area contributed by atoms with Gasteiger partial charge in [0.25, 0.3) is 0 Å². The highest BCUT2D eigenvalue weighted by Crippen LogP contribution is 2.39. The zero-order valence-corrected chi connectivity index (χ0v) is 27.5. The van der Waals surface area contributed by atoms with Crippen LogP contribution in [0.1, 0.15) is 210 Å². The Bertz CT molecular complexity index is 720. The van der Waals surface area contributed by atoms with Crippen LogP contribution in [0.25, 0.3) is 0 Å². The molecule has 2 fully saturated rings. The van der Waals surface area contributed by atoms with Crippen LogP contribution in [0.2, 0.25) is 0 Å². The Balaban J connectivity index is 1.74. The molecule has 2 aliphatic rings. The number of hydrogen-bond acceptors (Lipinski definition) is 0. The summed E-state index contributed by atoms with van der Waals surface area (Å²) < 4.78 is 0. The Morgan fingerprint density at radius 2 is 0.975 bits per heavy atom. The summed E-state index contributed by atoms with van der Waals surface area (Å²) in [6.07, 6.45) is 42.1. The van der Waals surface area contributed by atoms with E-state index in [1.54, 1.807) is 16.7 Å². The maximum Gasteiger partial charge on any atom is -0.0159 e. The van der Waals surface area contributed by atoms with Gasteiger partial charge in [-0.2, -0.15) is 0 Å². The van der Waals surface area contributed by atoms with Gasteiger partial charge in [-0.15, -0.1) is 0 Å². The lowest BCUT2D eigenvalue weighted by atomic mass is 9.74. The minimum atomic E-state index is 0.809. The minimum Gasteiger partial charge on any atom is -0.0654 e. The van der Waals surface area contributed by atoms with Gasteiger partial charge in [-0.05, 0) is 79.4 Å². The summed E-state index contributed by atoms with van der Waals surface area (Å²) in [7, 11) is 0. The fourth-order valence-electron chi connectivity index (χ4n) is 8.35. The lowest BCUT2D eigenvalue weighted by molar-refractivity contribution is 0.227. The first-order valence-electron chi connectivity index (χ1n) is 18.9. The van der Waals surface area contributed by atoms with Crippen LogP contribution >= 0.6 is 0 Å². The normalized spacial score (nSPS) is 23.2. The molecule has 2 saturated carbocycles. The van der Waals surface area contributed by atoms with Gasteiger partial charge in [0.1, 0.15) is 0 Å². The van der Waals surface area contributed by atoms with Crippen molar-refractivity contribution in [3.05, 3.63) is 34.9 Å². The Labute approximate surface area is 252 Å². The molecule has 230 valence electrons. The molecule has 3 rings (SSSR count). The molecule has 40 heavy (non-hydrogen) atoms. The Morgan fingerprint density at radius 3 is 1.55 bits per heavy atom. The quantitative estimate of drug-likeness (QED) is 0.227. The Kier molecular flexibility index (Phi) is 18.4. The first-order chi connectivity index (χ1) is 19.8. The van der Waals surface area contributed by atoms with E-state index in [0.717, 1.165) is 17.8 Å². The fourth-order valence-corrected chi connectivity index (χ4v) is 8.35. The number of benzene rings is 1. The average Bonchev–Trinajstić information content (AvgIpc) is 2.97. The zero-order valence-electron chi connectivity index (χ0n) is 27.5. The van der Waals surface area contributed by atoms with Gasteiger partial charge in [-0.25, -0.2) is 0 Å². The highest BCUT2D eigenvalue weighted by Gasteiger charge is 2.25. The van der Waals surface area contributed by atoms with E-state index in [-0.39, 0.29) is 0 Å². The van der Waals surface area contributed by atoms with Gasteiger partial charge in [-0.3, -0.25) is 0 Å². The third kappa shape index (κ3) is 13.0. The van der Waals surface area contributed by atoms with Crippen LogP contribution in [0.4, 0.5) is 0 Å². The molecular formula is C40H70. The van der Waals surface area contributed by atoms with Gasteiger partial charge in [0, 0.05) is 0 Å². The number of aryl methyl sites for hydroxylation is 1. The molecule has 0 amide bonds. The van der Waals surface area contributed by atoms with E-state index in [9.17, 15) is 0 Å². The molecule has 0 spiro atoms. The summed E-state index contributed by atoms with van der Waals surface area (Å²) in [5.74, 6) is 2.82. The van der Waals surface area contributed by atoms with Crippen molar-refractivity contribution in [1.82, 2.24) is 0 Å². The van der Waals surface area contributed by atoms with Crippen molar-refractivity contribution in [3.8, 4) is 0 Å². The highest BCUT2D eigenvalue weighted by atomic mass is 14.3. The van der Waals surface area contributed by atoms with E-state index in [1.165, 1.54) is 186 Å². The summed E-state index contributed by atoms with van der Waals surface area (Å²) in [5, 5.41) is 0. The molecule has 0 nitrogen and oxygen atoms in total. The van der Waals surface area contributed by atoms with Crippen molar-refractivity contribution in [2.24, 2.45) is 11.8 Å².